The fourth-order valence-corrected chi connectivity index (χ4v) is 2.41. The lowest BCUT2D eigenvalue weighted by atomic mass is 9.91. The highest BCUT2D eigenvalue weighted by Gasteiger charge is 2.32. The van der Waals surface area contributed by atoms with E-state index in [-0.39, 0.29) is 17.4 Å². The summed E-state index contributed by atoms with van der Waals surface area (Å²) in [4.78, 5) is 22.7. The molecule has 0 aliphatic carbocycles. The highest BCUT2D eigenvalue weighted by atomic mass is 16.2. The molecule has 1 atom stereocenters. The quantitative estimate of drug-likeness (QED) is 0.807. The number of nitrogens with zero attached hydrogens (tertiary/aromatic N) is 3. The second kappa shape index (κ2) is 5.04. The molecule has 2 rings (SSSR count). The Bertz CT molecular complexity index is 411. The molecule has 0 N–H and O–H groups in total. The van der Waals surface area contributed by atoms with Gasteiger partial charge in [0.25, 0.3) is 0 Å². The molecule has 1 fully saturated rings. The summed E-state index contributed by atoms with van der Waals surface area (Å²) in [5, 5.41) is 0. The van der Waals surface area contributed by atoms with Gasteiger partial charge in [-0.2, -0.15) is 0 Å². The summed E-state index contributed by atoms with van der Waals surface area (Å²) in [6, 6.07) is 0.119. The summed E-state index contributed by atoms with van der Waals surface area (Å²) in [6.45, 7) is 7.13. The van der Waals surface area contributed by atoms with Gasteiger partial charge < -0.3 is 4.90 Å². The van der Waals surface area contributed by atoms with Gasteiger partial charge in [-0.25, -0.2) is 0 Å². The molecule has 98 valence electrons. The number of hydrogen-bond donors (Lipinski definition) is 0. The molecule has 1 aliphatic heterocycles. The van der Waals surface area contributed by atoms with Crippen molar-refractivity contribution in [3.8, 4) is 0 Å². The molecule has 1 aliphatic rings. The van der Waals surface area contributed by atoms with Crippen molar-refractivity contribution in [3.63, 3.8) is 0 Å². The monoisotopic (exact) mass is 247 g/mol. The first-order chi connectivity index (χ1) is 8.47. The summed E-state index contributed by atoms with van der Waals surface area (Å²) in [5.41, 5.74) is 0.948. The maximum absolute atomic E-state index is 12.3. The summed E-state index contributed by atoms with van der Waals surface area (Å²) < 4.78 is 0. The third kappa shape index (κ3) is 3.06. The van der Waals surface area contributed by atoms with Crippen LogP contribution in [0.5, 0.6) is 0 Å². The Hall–Kier alpha value is -1.45. The minimum atomic E-state index is 0.0343. The van der Waals surface area contributed by atoms with E-state index in [1.165, 1.54) is 0 Å². The maximum Gasteiger partial charge on any atom is 0.223 e. The first-order valence-corrected chi connectivity index (χ1v) is 6.53. The topological polar surface area (TPSA) is 46.1 Å². The van der Waals surface area contributed by atoms with Crippen LogP contribution in [0.15, 0.2) is 18.6 Å². The summed E-state index contributed by atoms with van der Waals surface area (Å²) in [5.74, 6) is 0.232. The molecule has 0 radical (unpaired) electrons. The molecule has 0 saturated carbocycles. The van der Waals surface area contributed by atoms with E-state index in [1.807, 2.05) is 4.90 Å². The van der Waals surface area contributed by atoms with E-state index < -0.39 is 0 Å². The highest BCUT2D eigenvalue weighted by Crippen LogP contribution is 2.32. The van der Waals surface area contributed by atoms with Crippen molar-refractivity contribution in [2.75, 3.05) is 6.54 Å². The van der Waals surface area contributed by atoms with Crippen LogP contribution in [0.3, 0.4) is 0 Å². The van der Waals surface area contributed by atoms with Gasteiger partial charge in [0.05, 0.1) is 17.9 Å². The average molecular weight is 247 g/mol. The first kappa shape index (κ1) is 13.0. The number of rotatable bonds is 2. The Morgan fingerprint density at radius 3 is 2.83 bits per heavy atom. The molecule has 0 unspecified atom stereocenters. The lowest BCUT2D eigenvalue weighted by molar-refractivity contribution is -0.134. The van der Waals surface area contributed by atoms with Crippen LogP contribution >= 0.6 is 0 Å². The number of likely N-dealkylation sites (tertiary alicyclic amines) is 1. The van der Waals surface area contributed by atoms with Crippen molar-refractivity contribution in [1.29, 1.82) is 0 Å². The molecule has 4 nitrogen and oxygen atoms in total. The summed E-state index contributed by atoms with van der Waals surface area (Å²) >= 11 is 0. The van der Waals surface area contributed by atoms with Gasteiger partial charge in [0.2, 0.25) is 5.91 Å². The largest absolute Gasteiger partial charge is 0.334 e. The van der Waals surface area contributed by atoms with Gasteiger partial charge in [0, 0.05) is 25.4 Å². The minimum Gasteiger partial charge on any atom is -0.334 e. The fraction of sp³-hybridized carbons (Fsp3) is 0.643. The smallest absolute Gasteiger partial charge is 0.223 e. The Labute approximate surface area is 108 Å². The van der Waals surface area contributed by atoms with Gasteiger partial charge >= 0.3 is 0 Å². The van der Waals surface area contributed by atoms with Crippen LogP contribution < -0.4 is 0 Å². The molecular formula is C14H21N3O. The van der Waals surface area contributed by atoms with E-state index in [4.69, 9.17) is 0 Å². The van der Waals surface area contributed by atoms with E-state index in [1.54, 1.807) is 18.6 Å². The van der Waals surface area contributed by atoms with E-state index in [0.29, 0.717) is 6.42 Å². The number of aromatic nitrogens is 2. The second-order valence-electron chi connectivity index (χ2n) is 6.11. The van der Waals surface area contributed by atoms with Crippen LogP contribution in [-0.2, 0) is 4.79 Å². The number of amides is 1. The van der Waals surface area contributed by atoms with Gasteiger partial charge in [-0.05, 0) is 18.3 Å². The van der Waals surface area contributed by atoms with Crippen LogP contribution in [-0.4, -0.2) is 27.3 Å². The molecule has 1 aromatic rings. The zero-order valence-electron chi connectivity index (χ0n) is 11.4. The van der Waals surface area contributed by atoms with Gasteiger partial charge in [-0.3, -0.25) is 14.8 Å². The van der Waals surface area contributed by atoms with Crippen LogP contribution in [0.25, 0.3) is 0 Å². The van der Waals surface area contributed by atoms with Crippen molar-refractivity contribution in [2.45, 2.75) is 46.1 Å². The minimum absolute atomic E-state index is 0.0343. The van der Waals surface area contributed by atoms with E-state index in [0.717, 1.165) is 25.1 Å². The van der Waals surface area contributed by atoms with Gasteiger partial charge in [-0.1, -0.05) is 20.8 Å². The average Bonchev–Trinajstić information content (AvgIpc) is 2.76. The Kier molecular flexibility index (Phi) is 3.64. The molecule has 1 aromatic heterocycles. The highest BCUT2D eigenvalue weighted by molar-refractivity contribution is 5.77. The van der Waals surface area contributed by atoms with Gasteiger partial charge in [0.1, 0.15) is 0 Å². The molecular weight excluding hydrogens is 226 g/mol. The molecule has 18 heavy (non-hydrogen) atoms. The second-order valence-corrected chi connectivity index (χ2v) is 6.11. The standard InChI is InChI=1S/C14H21N3O/c1-14(2,3)9-13(18)17-8-4-5-12(17)11-10-15-6-7-16-11/h6-7,10,12H,4-5,8-9H2,1-3H3/t12-/m0/s1. The summed E-state index contributed by atoms with van der Waals surface area (Å²) in [6.07, 6.45) is 7.77. The maximum atomic E-state index is 12.3. The molecule has 0 bridgehead atoms. The lowest BCUT2D eigenvalue weighted by Crippen LogP contribution is -2.33. The zero-order chi connectivity index (χ0) is 13.2. The molecule has 2 heterocycles. The molecule has 1 saturated heterocycles. The van der Waals surface area contributed by atoms with Crippen LogP contribution in [0.4, 0.5) is 0 Å². The number of carbonyl (C=O) groups excluding carboxylic acids is 1. The molecule has 0 aromatic carbocycles. The fourth-order valence-electron chi connectivity index (χ4n) is 2.41. The summed E-state index contributed by atoms with van der Waals surface area (Å²) in [7, 11) is 0. The van der Waals surface area contributed by atoms with Crippen LogP contribution in [0, 0.1) is 5.41 Å². The van der Waals surface area contributed by atoms with Crippen LogP contribution in [0.1, 0.15) is 51.8 Å². The van der Waals surface area contributed by atoms with E-state index in [2.05, 4.69) is 30.7 Å². The third-order valence-corrected chi connectivity index (χ3v) is 3.18. The van der Waals surface area contributed by atoms with Crippen molar-refractivity contribution in [1.82, 2.24) is 14.9 Å². The molecule has 1 amide bonds. The van der Waals surface area contributed by atoms with Gasteiger partial charge in [-0.15, -0.1) is 0 Å². The van der Waals surface area contributed by atoms with Gasteiger partial charge in [0.15, 0.2) is 0 Å². The van der Waals surface area contributed by atoms with Crippen molar-refractivity contribution in [2.24, 2.45) is 5.41 Å². The van der Waals surface area contributed by atoms with Crippen LogP contribution in [0.2, 0.25) is 0 Å². The first-order valence-electron chi connectivity index (χ1n) is 6.53. The third-order valence-electron chi connectivity index (χ3n) is 3.18. The number of carbonyl (C=O) groups is 1. The SMILES string of the molecule is CC(C)(C)CC(=O)N1CCC[C@H]1c1cnccn1. The zero-order valence-corrected chi connectivity index (χ0v) is 11.4. The predicted molar refractivity (Wildman–Crippen MR) is 69.8 cm³/mol. The van der Waals surface area contributed by atoms with Crippen molar-refractivity contribution < 1.29 is 4.79 Å². The van der Waals surface area contributed by atoms with Crippen molar-refractivity contribution >= 4 is 5.91 Å². The van der Waals surface area contributed by atoms with E-state index >= 15 is 0 Å². The Balaban J connectivity index is 2.11. The van der Waals surface area contributed by atoms with Crippen molar-refractivity contribution in [3.05, 3.63) is 24.3 Å². The predicted octanol–water partition coefficient (Wildman–Crippen LogP) is 2.58. The molecule has 4 heteroatoms. The number of hydrogen-bond acceptors (Lipinski definition) is 3. The Morgan fingerprint density at radius 1 is 1.44 bits per heavy atom. The Morgan fingerprint density at radius 2 is 2.22 bits per heavy atom. The lowest BCUT2D eigenvalue weighted by Gasteiger charge is -2.27. The molecule has 0 spiro atoms. The van der Waals surface area contributed by atoms with E-state index in [9.17, 15) is 4.79 Å². The normalized spacial score (nSPS) is 20.2.